The zero-order chi connectivity index (χ0) is 14.5. The molecular weight excluding hydrogens is 265 g/mol. The van der Waals surface area contributed by atoms with E-state index < -0.39 is 11.8 Å². The van der Waals surface area contributed by atoms with Gasteiger partial charge in [0.1, 0.15) is 5.82 Å². The summed E-state index contributed by atoms with van der Waals surface area (Å²) in [6.45, 7) is 2.27. The molecule has 2 aromatic heterocycles. The molecule has 0 bridgehead atoms. The van der Waals surface area contributed by atoms with Crippen molar-refractivity contribution in [1.82, 2.24) is 25.2 Å². The van der Waals surface area contributed by atoms with Crippen molar-refractivity contribution in [2.45, 2.75) is 26.3 Å². The maximum absolute atomic E-state index is 13.2. The summed E-state index contributed by atoms with van der Waals surface area (Å²) in [6.07, 6.45) is 3.28. The Hall–Kier alpha value is -2.38. The van der Waals surface area contributed by atoms with E-state index in [2.05, 4.69) is 20.5 Å². The summed E-state index contributed by atoms with van der Waals surface area (Å²) in [5, 5.41) is 20.1. The Labute approximate surface area is 114 Å². The van der Waals surface area contributed by atoms with Crippen LogP contribution in [-0.2, 0) is 11.3 Å². The van der Waals surface area contributed by atoms with Crippen LogP contribution in [0.4, 0.5) is 4.39 Å². The molecule has 0 fully saturated rings. The first kappa shape index (κ1) is 14.0. The van der Waals surface area contributed by atoms with Gasteiger partial charge in [0.05, 0.1) is 6.20 Å². The molecular formula is C12H14FN5O2. The molecule has 20 heavy (non-hydrogen) atoms. The third-order valence-corrected chi connectivity index (χ3v) is 2.97. The molecule has 1 atom stereocenters. The summed E-state index contributed by atoms with van der Waals surface area (Å²) < 4.78 is 14.7. The summed E-state index contributed by atoms with van der Waals surface area (Å²) in [7, 11) is 0. The second kappa shape index (κ2) is 6.18. The van der Waals surface area contributed by atoms with Crippen LogP contribution in [0.2, 0.25) is 0 Å². The van der Waals surface area contributed by atoms with E-state index in [1.165, 1.54) is 16.9 Å². The van der Waals surface area contributed by atoms with E-state index in [4.69, 9.17) is 5.11 Å². The first-order valence-corrected chi connectivity index (χ1v) is 6.19. The Kier molecular flexibility index (Phi) is 4.34. The number of carboxylic acids is 1. The molecule has 0 saturated carbocycles. The lowest BCUT2D eigenvalue weighted by molar-refractivity contribution is -0.138. The Morgan fingerprint density at radius 2 is 2.30 bits per heavy atom. The first-order valence-electron chi connectivity index (χ1n) is 6.19. The van der Waals surface area contributed by atoms with Crippen LogP contribution in [0.1, 0.15) is 19.8 Å². The van der Waals surface area contributed by atoms with E-state index in [-0.39, 0.29) is 12.3 Å². The molecule has 0 radical (unpaired) electrons. The van der Waals surface area contributed by atoms with Gasteiger partial charge in [-0.3, -0.25) is 9.78 Å². The SMILES string of the molecule is CCC(CC(=O)O)Cn1nnnc1-c1cncc(F)c1. The van der Waals surface area contributed by atoms with Crippen LogP contribution in [0.5, 0.6) is 0 Å². The maximum atomic E-state index is 13.2. The normalized spacial score (nSPS) is 12.3. The second-order valence-electron chi connectivity index (χ2n) is 4.45. The second-order valence-corrected chi connectivity index (χ2v) is 4.45. The van der Waals surface area contributed by atoms with Crippen molar-refractivity contribution >= 4 is 5.97 Å². The third kappa shape index (κ3) is 3.34. The summed E-state index contributed by atoms with van der Waals surface area (Å²) in [4.78, 5) is 14.5. The van der Waals surface area contributed by atoms with Crippen LogP contribution < -0.4 is 0 Å². The largest absolute Gasteiger partial charge is 0.481 e. The lowest BCUT2D eigenvalue weighted by Gasteiger charge is -2.12. The monoisotopic (exact) mass is 279 g/mol. The summed E-state index contributed by atoms with van der Waals surface area (Å²) in [5.74, 6) is -1.05. The highest BCUT2D eigenvalue weighted by atomic mass is 19.1. The lowest BCUT2D eigenvalue weighted by atomic mass is 10.0. The molecule has 1 unspecified atom stereocenters. The molecule has 0 aliphatic carbocycles. The molecule has 2 aromatic rings. The number of hydrogen-bond donors (Lipinski definition) is 1. The molecule has 106 valence electrons. The summed E-state index contributed by atoms with van der Waals surface area (Å²) >= 11 is 0. The molecule has 0 saturated heterocycles. The topological polar surface area (TPSA) is 93.8 Å². The van der Waals surface area contributed by atoms with Crippen molar-refractivity contribution in [1.29, 1.82) is 0 Å². The Morgan fingerprint density at radius 3 is 2.95 bits per heavy atom. The molecule has 0 spiro atoms. The quantitative estimate of drug-likeness (QED) is 0.858. The highest BCUT2D eigenvalue weighted by Gasteiger charge is 2.16. The summed E-state index contributed by atoms with van der Waals surface area (Å²) in [6, 6.07) is 1.29. The van der Waals surface area contributed by atoms with Crippen molar-refractivity contribution in [3.63, 3.8) is 0 Å². The average Bonchev–Trinajstić information content (AvgIpc) is 2.85. The predicted octanol–water partition coefficient (Wildman–Crippen LogP) is 1.38. The van der Waals surface area contributed by atoms with Crippen molar-refractivity contribution in [2.75, 3.05) is 0 Å². The van der Waals surface area contributed by atoms with E-state index in [9.17, 15) is 9.18 Å². The van der Waals surface area contributed by atoms with Gasteiger partial charge in [-0.25, -0.2) is 9.07 Å². The van der Waals surface area contributed by atoms with Gasteiger partial charge in [0.25, 0.3) is 0 Å². The Bertz CT molecular complexity index is 601. The molecule has 0 aliphatic rings. The molecule has 7 nitrogen and oxygen atoms in total. The minimum Gasteiger partial charge on any atom is -0.481 e. The fraction of sp³-hybridized carbons (Fsp3) is 0.417. The van der Waals surface area contributed by atoms with Crippen molar-refractivity contribution in [3.8, 4) is 11.4 Å². The van der Waals surface area contributed by atoms with Crippen LogP contribution in [0.3, 0.4) is 0 Å². The highest BCUT2D eigenvalue weighted by Crippen LogP contribution is 2.18. The van der Waals surface area contributed by atoms with Crippen molar-refractivity contribution < 1.29 is 14.3 Å². The number of hydrogen-bond acceptors (Lipinski definition) is 5. The number of aromatic nitrogens is 5. The van der Waals surface area contributed by atoms with Gasteiger partial charge in [-0.1, -0.05) is 13.3 Å². The highest BCUT2D eigenvalue weighted by molar-refractivity contribution is 5.67. The van der Waals surface area contributed by atoms with Gasteiger partial charge in [0.15, 0.2) is 5.82 Å². The number of carbonyl (C=O) groups is 1. The number of halogens is 1. The molecule has 0 aromatic carbocycles. The fourth-order valence-electron chi connectivity index (χ4n) is 1.90. The zero-order valence-electron chi connectivity index (χ0n) is 10.9. The van der Waals surface area contributed by atoms with Crippen LogP contribution in [0.15, 0.2) is 18.5 Å². The van der Waals surface area contributed by atoms with E-state index >= 15 is 0 Å². The third-order valence-electron chi connectivity index (χ3n) is 2.97. The fourth-order valence-corrected chi connectivity index (χ4v) is 1.90. The average molecular weight is 279 g/mol. The van der Waals surface area contributed by atoms with Crippen LogP contribution in [0, 0.1) is 11.7 Å². The molecule has 0 amide bonds. The smallest absolute Gasteiger partial charge is 0.303 e. The van der Waals surface area contributed by atoms with Gasteiger partial charge >= 0.3 is 5.97 Å². The lowest BCUT2D eigenvalue weighted by Crippen LogP contribution is -2.16. The molecule has 2 heterocycles. The van der Waals surface area contributed by atoms with Crippen LogP contribution >= 0.6 is 0 Å². The minimum atomic E-state index is -0.862. The van der Waals surface area contributed by atoms with Gasteiger partial charge in [-0.05, 0) is 22.4 Å². The summed E-state index contributed by atoms with van der Waals surface area (Å²) in [5.41, 5.74) is 0.458. The molecule has 8 heteroatoms. The zero-order valence-corrected chi connectivity index (χ0v) is 10.9. The van der Waals surface area contributed by atoms with Crippen molar-refractivity contribution in [2.24, 2.45) is 5.92 Å². The van der Waals surface area contributed by atoms with Crippen molar-refractivity contribution in [3.05, 3.63) is 24.3 Å². The van der Waals surface area contributed by atoms with Gasteiger partial charge < -0.3 is 5.11 Å². The number of aliphatic carboxylic acids is 1. The van der Waals surface area contributed by atoms with Crippen LogP contribution in [0.25, 0.3) is 11.4 Å². The number of pyridine rings is 1. The molecule has 2 rings (SSSR count). The molecule has 1 N–H and O–H groups in total. The maximum Gasteiger partial charge on any atom is 0.303 e. The van der Waals surface area contributed by atoms with Gasteiger partial charge in [0, 0.05) is 24.7 Å². The van der Waals surface area contributed by atoms with Gasteiger partial charge in [-0.15, -0.1) is 5.10 Å². The first-order chi connectivity index (χ1) is 9.60. The van der Waals surface area contributed by atoms with Gasteiger partial charge in [-0.2, -0.15) is 0 Å². The minimum absolute atomic E-state index is 0.0389. The van der Waals surface area contributed by atoms with E-state index in [0.29, 0.717) is 24.4 Å². The number of nitrogens with zero attached hydrogens (tertiary/aromatic N) is 5. The Balaban J connectivity index is 2.22. The standard InChI is InChI=1S/C12H14FN5O2/c1-2-8(3-11(19)20)7-18-12(15-16-17-18)9-4-10(13)6-14-5-9/h4-6,8H,2-3,7H2,1H3,(H,19,20). The molecule has 0 aliphatic heterocycles. The van der Waals surface area contributed by atoms with Gasteiger partial charge in [0.2, 0.25) is 0 Å². The number of tetrazole rings is 1. The van der Waals surface area contributed by atoms with E-state index in [1.807, 2.05) is 6.92 Å². The number of rotatable bonds is 6. The Morgan fingerprint density at radius 1 is 1.50 bits per heavy atom. The van der Waals surface area contributed by atoms with Crippen LogP contribution in [-0.4, -0.2) is 36.3 Å². The predicted molar refractivity (Wildman–Crippen MR) is 67.0 cm³/mol. The number of carboxylic acid groups (broad SMARTS) is 1. The van der Waals surface area contributed by atoms with E-state index in [1.54, 1.807) is 0 Å². The van der Waals surface area contributed by atoms with E-state index in [0.717, 1.165) is 6.20 Å².